The fourth-order valence-electron chi connectivity index (χ4n) is 2.95. The molecule has 6 nitrogen and oxygen atoms in total. The Balaban J connectivity index is 2.37. The van der Waals surface area contributed by atoms with Gasteiger partial charge in [0.15, 0.2) is 5.60 Å². The Morgan fingerprint density at radius 3 is 2.48 bits per heavy atom. The molecule has 0 heterocycles. The largest absolute Gasteiger partial charge is 0.466 e. The maximum absolute atomic E-state index is 13.0. The number of carbonyl (C=O) groups excluding carboxylic acids is 3. The van der Waals surface area contributed by atoms with Crippen molar-refractivity contribution in [3.63, 3.8) is 0 Å². The number of ketones is 1. The van der Waals surface area contributed by atoms with Crippen LogP contribution in [0.25, 0.3) is 6.08 Å². The van der Waals surface area contributed by atoms with Gasteiger partial charge in [0.05, 0.1) is 24.5 Å². The molecule has 1 fully saturated rings. The first-order valence-electron chi connectivity index (χ1n) is 8.76. The van der Waals surface area contributed by atoms with Crippen LogP contribution in [0.15, 0.2) is 30.3 Å². The fraction of sp³-hybridized carbons (Fsp3) is 0.450. The van der Waals surface area contributed by atoms with Crippen molar-refractivity contribution in [2.24, 2.45) is 11.8 Å². The number of hydrogen-bond donors (Lipinski definition) is 1. The maximum atomic E-state index is 13.0. The number of halogens is 1. The van der Waals surface area contributed by atoms with Gasteiger partial charge in [0, 0.05) is 6.42 Å². The molecule has 1 aliphatic rings. The molecular formula is C20H23FO6. The van der Waals surface area contributed by atoms with Crippen molar-refractivity contribution < 1.29 is 33.4 Å². The highest BCUT2D eigenvalue weighted by Gasteiger charge is 2.59. The maximum Gasteiger partial charge on any atom is 0.343 e. The Morgan fingerprint density at radius 2 is 1.96 bits per heavy atom. The second kappa shape index (κ2) is 8.43. The molecule has 1 aromatic rings. The van der Waals surface area contributed by atoms with Crippen LogP contribution in [0.3, 0.4) is 0 Å². The summed E-state index contributed by atoms with van der Waals surface area (Å²) < 4.78 is 23.1. The molecule has 27 heavy (non-hydrogen) atoms. The van der Waals surface area contributed by atoms with Crippen molar-refractivity contribution in [3.8, 4) is 0 Å². The number of carbonyl (C=O) groups is 3. The molecule has 3 atom stereocenters. The van der Waals surface area contributed by atoms with Crippen LogP contribution >= 0.6 is 0 Å². The van der Waals surface area contributed by atoms with Gasteiger partial charge in [0.2, 0.25) is 0 Å². The van der Waals surface area contributed by atoms with Crippen LogP contribution in [0, 0.1) is 17.7 Å². The Bertz CT molecular complexity index is 739. The second-order valence-corrected chi connectivity index (χ2v) is 6.67. The molecule has 146 valence electrons. The van der Waals surface area contributed by atoms with E-state index in [1.165, 1.54) is 30.3 Å². The summed E-state index contributed by atoms with van der Waals surface area (Å²) in [5.74, 6) is -4.76. The van der Waals surface area contributed by atoms with Gasteiger partial charge in [-0.15, -0.1) is 0 Å². The lowest BCUT2D eigenvalue weighted by atomic mass is 9.63. The predicted molar refractivity (Wildman–Crippen MR) is 94.8 cm³/mol. The van der Waals surface area contributed by atoms with Crippen LogP contribution in [0.4, 0.5) is 4.39 Å². The zero-order valence-corrected chi connectivity index (χ0v) is 15.5. The van der Waals surface area contributed by atoms with Gasteiger partial charge in [-0.1, -0.05) is 18.2 Å². The van der Waals surface area contributed by atoms with Gasteiger partial charge in [0.1, 0.15) is 11.6 Å². The summed E-state index contributed by atoms with van der Waals surface area (Å²) in [7, 11) is 0. The van der Waals surface area contributed by atoms with Gasteiger partial charge in [-0.05, 0) is 44.5 Å². The minimum absolute atomic E-state index is 0.106. The molecule has 2 rings (SSSR count). The summed E-state index contributed by atoms with van der Waals surface area (Å²) in [6.07, 6.45) is 1.87. The number of hydrogen-bond acceptors (Lipinski definition) is 6. The summed E-state index contributed by atoms with van der Waals surface area (Å²) in [4.78, 5) is 36.8. The van der Waals surface area contributed by atoms with E-state index >= 15 is 0 Å². The molecule has 0 amide bonds. The Hall–Kier alpha value is -2.54. The highest BCUT2D eigenvalue weighted by molar-refractivity contribution is 6.02. The standard InChI is InChI=1S/C20H23FO6/c1-4-26-18(23)15-11-16(22)17(15)20(25,19(24)27-12(2)3)10-9-13-5-7-14(21)8-6-13/h5-10,12,15,17,25H,4,11H2,1-3H3/b10-9+/t15-,17+,20+/m0/s1. The zero-order valence-electron chi connectivity index (χ0n) is 15.5. The smallest absolute Gasteiger partial charge is 0.343 e. The second-order valence-electron chi connectivity index (χ2n) is 6.67. The molecule has 0 spiro atoms. The number of esters is 2. The predicted octanol–water partition coefficient (Wildman–Crippen LogP) is 2.29. The third-order valence-electron chi connectivity index (χ3n) is 4.30. The van der Waals surface area contributed by atoms with E-state index in [1.807, 2.05) is 0 Å². The third kappa shape index (κ3) is 4.60. The quantitative estimate of drug-likeness (QED) is 0.732. The van der Waals surface area contributed by atoms with E-state index in [2.05, 4.69) is 0 Å². The van der Waals surface area contributed by atoms with Crippen molar-refractivity contribution in [1.82, 2.24) is 0 Å². The van der Waals surface area contributed by atoms with Crippen LogP contribution in [-0.2, 0) is 23.9 Å². The van der Waals surface area contributed by atoms with Crippen molar-refractivity contribution in [1.29, 1.82) is 0 Å². The molecule has 0 aromatic heterocycles. The molecular weight excluding hydrogens is 355 g/mol. The van der Waals surface area contributed by atoms with E-state index in [9.17, 15) is 23.9 Å². The number of benzene rings is 1. The molecule has 1 saturated carbocycles. The molecule has 0 radical (unpaired) electrons. The van der Waals surface area contributed by atoms with Gasteiger partial charge in [-0.2, -0.15) is 0 Å². The summed E-state index contributed by atoms with van der Waals surface area (Å²) in [6, 6.07) is 5.35. The first-order chi connectivity index (χ1) is 12.7. The van der Waals surface area contributed by atoms with Gasteiger partial charge < -0.3 is 14.6 Å². The number of ether oxygens (including phenoxy) is 2. The van der Waals surface area contributed by atoms with Crippen LogP contribution < -0.4 is 0 Å². The minimum Gasteiger partial charge on any atom is -0.466 e. The van der Waals surface area contributed by atoms with E-state index < -0.39 is 47.1 Å². The highest BCUT2D eigenvalue weighted by atomic mass is 19.1. The van der Waals surface area contributed by atoms with Gasteiger partial charge in [-0.25, -0.2) is 9.18 Å². The first kappa shape index (κ1) is 20.8. The van der Waals surface area contributed by atoms with Crippen molar-refractivity contribution >= 4 is 23.8 Å². The summed E-state index contributed by atoms with van der Waals surface area (Å²) in [6.45, 7) is 4.96. The van der Waals surface area contributed by atoms with Crippen molar-refractivity contribution in [2.75, 3.05) is 6.61 Å². The fourth-order valence-corrected chi connectivity index (χ4v) is 2.95. The van der Waals surface area contributed by atoms with E-state index in [0.29, 0.717) is 5.56 Å². The molecule has 1 aromatic carbocycles. The molecule has 1 aliphatic carbocycles. The van der Waals surface area contributed by atoms with Gasteiger partial charge in [-0.3, -0.25) is 9.59 Å². The van der Waals surface area contributed by atoms with Gasteiger partial charge in [0.25, 0.3) is 0 Å². The number of rotatable bonds is 7. The topological polar surface area (TPSA) is 89.9 Å². The molecule has 0 aliphatic heterocycles. The number of Topliss-reactive ketones (excluding diaryl/α,β-unsaturated/α-hetero) is 1. The molecule has 0 saturated heterocycles. The van der Waals surface area contributed by atoms with Crippen LogP contribution in [0.5, 0.6) is 0 Å². The normalized spacial score (nSPS) is 21.6. The highest BCUT2D eigenvalue weighted by Crippen LogP contribution is 2.41. The Morgan fingerprint density at radius 1 is 1.33 bits per heavy atom. The average Bonchev–Trinajstić information content (AvgIpc) is 2.58. The molecule has 1 N–H and O–H groups in total. The summed E-state index contributed by atoms with van der Waals surface area (Å²) >= 11 is 0. The van der Waals surface area contributed by atoms with Gasteiger partial charge >= 0.3 is 11.9 Å². The first-order valence-corrected chi connectivity index (χ1v) is 8.76. The lowest BCUT2D eigenvalue weighted by Crippen LogP contribution is -2.59. The lowest BCUT2D eigenvalue weighted by molar-refractivity contribution is -0.185. The molecule has 0 bridgehead atoms. The lowest BCUT2D eigenvalue weighted by Gasteiger charge is -2.41. The number of aliphatic hydroxyl groups is 1. The Labute approximate surface area is 157 Å². The van der Waals surface area contributed by atoms with Crippen LogP contribution in [0.1, 0.15) is 32.8 Å². The summed E-state index contributed by atoms with van der Waals surface area (Å²) in [5, 5.41) is 11.1. The van der Waals surface area contributed by atoms with Crippen LogP contribution in [0.2, 0.25) is 0 Å². The van der Waals surface area contributed by atoms with E-state index in [0.717, 1.165) is 6.08 Å². The Kier molecular flexibility index (Phi) is 6.49. The van der Waals surface area contributed by atoms with E-state index in [-0.39, 0.29) is 13.0 Å². The van der Waals surface area contributed by atoms with E-state index in [1.54, 1.807) is 20.8 Å². The SMILES string of the molecule is CCOC(=O)[C@H]1CC(=O)[C@@H]1[C@](O)(/C=C/c1ccc(F)cc1)C(=O)OC(C)C. The minimum atomic E-state index is -2.33. The molecule has 0 unspecified atom stereocenters. The van der Waals surface area contributed by atoms with Crippen molar-refractivity contribution in [3.05, 3.63) is 41.7 Å². The van der Waals surface area contributed by atoms with E-state index in [4.69, 9.17) is 9.47 Å². The van der Waals surface area contributed by atoms with Crippen molar-refractivity contribution in [2.45, 2.75) is 38.9 Å². The third-order valence-corrected chi connectivity index (χ3v) is 4.30. The van der Waals surface area contributed by atoms with Crippen LogP contribution in [-0.4, -0.2) is 41.1 Å². The zero-order chi connectivity index (χ0) is 20.2. The average molecular weight is 378 g/mol. The monoisotopic (exact) mass is 378 g/mol. The molecule has 7 heteroatoms. The summed E-state index contributed by atoms with van der Waals surface area (Å²) in [5.41, 5.74) is -1.82.